The smallest absolute Gasteiger partial charge is 0.127 e. The molecule has 88 valence electrons. The quantitative estimate of drug-likeness (QED) is 0.714. The van der Waals surface area contributed by atoms with Crippen LogP contribution in [0.2, 0.25) is 0 Å². The summed E-state index contributed by atoms with van der Waals surface area (Å²) >= 11 is 0. The summed E-state index contributed by atoms with van der Waals surface area (Å²) in [5.74, 6) is 0.508. The molecule has 0 spiro atoms. The Morgan fingerprint density at radius 1 is 0.882 bits per heavy atom. The van der Waals surface area contributed by atoms with E-state index in [1.807, 2.05) is 13.0 Å². The fourth-order valence-corrected chi connectivity index (χ4v) is 2.00. The summed E-state index contributed by atoms with van der Waals surface area (Å²) in [4.78, 5) is 10.8. The van der Waals surface area contributed by atoms with Gasteiger partial charge >= 0.3 is 0 Å². The molecule has 1 atom stereocenters. The molecular formula is C16H18O. The van der Waals surface area contributed by atoms with Crippen molar-refractivity contribution in [2.45, 2.75) is 32.6 Å². The Balaban J connectivity index is 2.54. The molecule has 2 aromatic carbocycles. The maximum Gasteiger partial charge on any atom is 0.127 e. The van der Waals surface area contributed by atoms with Crippen molar-refractivity contribution in [3.63, 3.8) is 0 Å². The van der Waals surface area contributed by atoms with Gasteiger partial charge in [0.2, 0.25) is 0 Å². The van der Waals surface area contributed by atoms with Crippen LogP contribution in [-0.2, 0) is 4.79 Å². The Kier molecular flexibility index (Phi) is 3.28. The lowest BCUT2D eigenvalue weighted by molar-refractivity contribution is -0.108. The van der Waals surface area contributed by atoms with Crippen LogP contribution in [0.15, 0.2) is 36.4 Å². The summed E-state index contributed by atoms with van der Waals surface area (Å²) in [6.07, 6.45) is 0.994. The number of benzene rings is 2. The van der Waals surface area contributed by atoms with Crippen molar-refractivity contribution in [1.29, 1.82) is 0 Å². The van der Waals surface area contributed by atoms with E-state index in [1.165, 1.54) is 16.3 Å². The minimum absolute atomic E-state index is 0.0258. The number of hydrogen-bond donors (Lipinski definition) is 0. The largest absolute Gasteiger partial charge is 0.303 e. The highest BCUT2D eigenvalue weighted by Gasteiger charge is 2.06. The van der Waals surface area contributed by atoms with Crippen molar-refractivity contribution in [2.24, 2.45) is 0 Å². The molecule has 2 aromatic rings. The minimum atomic E-state index is -0.0258. The fraction of sp³-hybridized carbons (Fsp3) is 0.312. The molecule has 0 aromatic heterocycles. The molecule has 0 bridgehead atoms. The van der Waals surface area contributed by atoms with Gasteiger partial charge in [0, 0.05) is 5.92 Å². The molecule has 0 N–H and O–H groups in total. The Hall–Kier alpha value is -1.63. The van der Waals surface area contributed by atoms with Gasteiger partial charge in [-0.1, -0.05) is 57.2 Å². The van der Waals surface area contributed by atoms with E-state index >= 15 is 0 Å². The number of hydrogen-bond acceptors (Lipinski definition) is 1. The molecular weight excluding hydrogens is 208 g/mol. The summed E-state index contributed by atoms with van der Waals surface area (Å²) < 4.78 is 0. The summed E-state index contributed by atoms with van der Waals surface area (Å²) in [6.45, 7) is 6.32. The number of rotatable bonds is 3. The number of carbonyl (C=O) groups is 1. The molecule has 1 unspecified atom stereocenters. The van der Waals surface area contributed by atoms with Crippen molar-refractivity contribution in [1.82, 2.24) is 0 Å². The van der Waals surface area contributed by atoms with Gasteiger partial charge in [-0.25, -0.2) is 0 Å². The van der Waals surface area contributed by atoms with E-state index in [2.05, 4.69) is 44.2 Å². The lowest BCUT2D eigenvalue weighted by Gasteiger charge is -2.09. The summed E-state index contributed by atoms with van der Waals surface area (Å²) in [5, 5.41) is 2.46. The zero-order chi connectivity index (χ0) is 12.4. The zero-order valence-corrected chi connectivity index (χ0v) is 10.6. The van der Waals surface area contributed by atoms with Crippen molar-refractivity contribution >= 4 is 17.1 Å². The van der Waals surface area contributed by atoms with Crippen LogP contribution in [0, 0.1) is 0 Å². The SMILES string of the molecule is CC(C)c1ccc2ccc(C(C)C=O)cc2c1. The van der Waals surface area contributed by atoms with E-state index in [9.17, 15) is 4.79 Å². The first kappa shape index (κ1) is 11.8. The lowest BCUT2D eigenvalue weighted by Crippen LogP contribution is -1.94. The molecule has 0 radical (unpaired) electrons. The van der Waals surface area contributed by atoms with Crippen molar-refractivity contribution in [3.8, 4) is 0 Å². The van der Waals surface area contributed by atoms with Crippen LogP contribution in [0.5, 0.6) is 0 Å². The average Bonchev–Trinajstić information content (AvgIpc) is 2.36. The van der Waals surface area contributed by atoms with Gasteiger partial charge in [-0.2, -0.15) is 0 Å². The molecule has 0 heterocycles. The van der Waals surface area contributed by atoms with Gasteiger partial charge in [0.1, 0.15) is 6.29 Å². The third-order valence-corrected chi connectivity index (χ3v) is 3.28. The number of aldehydes is 1. The molecule has 0 aliphatic rings. The highest BCUT2D eigenvalue weighted by atomic mass is 16.1. The molecule has 0 saturated carbocycles. The Bertz CT molecular complexity index is 540. The molecule has 0 amide bonds. The summed E-state index contributed by atoms with van der Waals surface area (Å²) in [5.41, 5.74) is 2.43. The maximum absolute atomic E-state index is 10.8. The molecule has 17 heavy (non-hydrogen) atoms. The van der Waals surface area contributed by atoms with Crippen LogP contribution in [0.25, 0.3) is 10.8 Å². The lowest BCUT2D eigenvalue weighted by atomic mass is 9.95. The molecule has 0 fully saturated rings. The Morgan fingerprint density at radius 2 is 1.47 bits per heavy atom. The van der Waals surface area contributed by atoms with E-state index in [0.717, 1.165) is 11.8 Å². The van der Waals surface area contributed by atoms with Gasteiger partial charge < -0.3 is 4.79 Å². The van der Waals surface area contributed by atoms with Crippen LogP contribution >= 0.6 is 0 Å². The molecule has 0 aliphatic carbocycles. The van der Waals surface area contributed by atoms with E-state index in [-0.39, 0.29) is 5.92 Å². The third kappa shape index (κ3) is 2.38. The van der Waals surface area contributed by atoms with Crippen LogP contribution < -0.4 is 0 Å². The molecule has 1 heteroatoms. The average molecular weight is 226 g/mol. The van der Waals surface area contributed by atoms with Gasteiger partial charge in [-0.3, -0.25) is 0 Å². The van der Waals surface area contributed by atoms with Crippen LogP contribution in [-0.4, -0.2) is 6.29 Å². The van der Waals surface area contributed by atoms with Crippen LogP contribution in [0.1, 0.15) is 43.7 Å². The third-order valence-electron chi connectivity index (χ3n) is 3.28. The highest BCUT2D eigenvalue weighted by Crippen LogP contribution is 2.24. The van der Waals surface area contributed by atoms with E-state index < -0.39 is 0 Å². The maximum atomic E-state index is 10.8. The van der Waals surface area contributed by atoms with E-state index in [1.54, 1.807) is 0 Å². The first-order chi connectivity index (χ1) is 8.11. The van der Waals surface area contributed by atoms with E-state index in [4.69, 9.17) is 0 Å². The van der Waals surface area contributed by atoms with Gasteiger partial charge in [-0.05, 0) is 27.8 Å². The first-order valence-corrected chi connectivity index (χ1v) is 6.10. The molecule has 1 nitrogen and oxygen atoms in total. The molecule has 0 saturated heterocycles. The predicted molar refractivity (Wildman–Crippen MR) is 72.5 cm³/mol. The van der Waals surface area contributed by atoms with Crippen molar-refractivity contribution in [3.05, 3.63) is 47.5 Å². The number of fused-ring (bicyclic) bond motifs is 1. The summed E-state index contributed by atoms with van der Waals surface area (Å²) in [6, 6.07) is 12.8. The Morgan fingerprint density at radius 3 is 2.06 bits per heavy atom. The topological polar surface area (TPSA) is 17.1 Å². The van der Waals surface area contributed by atoms with Crippen molar-refractivity contribution < 1.29 is 4.79 Å². The monoisotopic (exact) mass is 226 g/mol. The fourth-order valence-electron chi connectivity index (χ4n) is 2.00. The predicted octanol–water partition coefficient (Wildman–Crippen LogP) is 4.27. The van der Waals surface area contributed by atoms with Gasteiger partial charge in [0.25, 0.3) is 0 Å². The van der Waals surface area contributed by atoms with Gasteiger partial charge in [-0.15, -0.1) is 0 Å². The highest BCUT2D eigenvalue weighted by molar-refractivity contribution is 5.84. The van der Waals surface area contributed by atoms with Crippen LogP contribution in [0.4, 0.5) is 0 Å². The zero-order valence-electron chi connectivity index (χ0n) is 10.6. The second kappa shape index (κ2) is 4.70. The minimum Gasteiger partial charge on any atom is -0.303 e. The molecule has 2 rings (SSSR count). The Labute approximate surface area is 102 Å². The van der Waals surface area contributed by atoms with Gasteiger partial charge in [0.05, 0.1) is 0 Å². The molecule has 0 aliphatic heterocycles. The normalized spacial score (nSPS) is 12.9. The second-order valence-corrected chi connectivity index (χ2v) is 4.95. The standard InChI is InChI=1S/C16H18O/c1-11(2)14-6-4-13-5-7-15(12(3)10-17)9-16(13)8-14/h4-12H,1-3H3. The van der Waals surface area contributed by atoms with Crippen molar-refractivity contribution in [2.75, 3.05) is 0 Å². The number of carbonyl (C=O) groups excluding carboxylic acids is 1. The summed E-state index contributed by atoms with van der Waals surface area (Å²) in [7, 11) is 0. The van der Waals surface area contributed by atoms with Crippen LogP contribution in [0.3, 0.4) is 0 Å². The van der Waals surface area contributed by atoms with Gasteiger partial charge in [0.15, 0.2) is 0 Å². The second-order valence-electron chi connectivity index (χ2n) is 4.95. The van der Waals surface area contributed by atoms with E-state index in [0.29, 0.717) is 5.92 Å². The first-order valence-electron chi connectivity index (χ1n) is 6.10.